The third kappa shape index (κ3) is 3.56. The van der Waals surface area contributed by atoms with Crippen LogP contribution in [0.25, 0.3) is 10.8 Å². The zero-order chi connectivity index (χ0) is 19.6. The van der Waals surface area contributed by atoms with Gasteiger partial charge in [0.25, 0.3) is 0 Å². The maximum Gasteiger partial charge on any atom is 0.230 e. The molecule has 1 unspecified atom stereocenters. The van der Waals surface area contributed by atoms with Crippen molar-refractivity contribution in [3.63, 3.8) is 0 Å². The van der Waals surface area contributed by atoms with E-state index in [9.17, 15) is 0 Å². The molecular weight excluding hydrogens is 370 g/mol. The topological polar surface area (TPSA) is 12.0 Å². The van der Waals surface area contributed by atoms with E-state index in [1.54, 1.807) is 0 Å². The Labute approximate surface area is 175 Å². The molecule has 1 N–H and O–H groups in total. The highest BCUT2D eigenvalue weighted by Gasteiger charge is 2.37. The molecule has 4 aromatic rings. The van der Waals surface area contributed by atoms with E-state index in [4.69, 9.17) is 0 Å². The zero-order valence-electron chi connectivity index (χ0n) is 16.6. The summed E-state index contributed by atoms with van der Waals surface area (Å²) < 4.78 is 0. The molecule has 0 saturated heterocycles. The van der Waals surface area contributed by atoms with Gasteiger partial charge in [-0.3, -0.25) is 0 Å². The van der Waals surface area contributed by atoms with E-state index in [0.29, 0.717) is 0 Å². The third-order valence-electron chi connectivity index (χ3n) is 5.61. The second kappa shape index (κ2) is 7.81. The van der Waals surface area contributed by atoms with Crippen molar-refractivity contribution in [2.45, 2.75) is 17.7 Å². The first-order valence-electron chi connectivity index (χ1n) is 10.0. The maximum atomic E-state index is 3.86. The van der Waals surface area contributed by atoms with E-state index in [0.717, 1.165) is 12.8 Å². The van der Waals surface area contributed by atoms with Gasteiger partial charge < -0.3 is 5.32 Å². The van der Waals surface area contributed by atoms with Gasteiger partial charge >= 0.3 is 0 Å². The molecule has 29 heavy (non-hydrogen) atoms. The molecule has 0 spiro atoms. The van der Waals surface area contributed by atoms with Crippen LogP contribution in [-0.2, 0) is 23.7 Å². The van der Waals surface area contributed by atoms with Gasteiger partial charge in [0.05, 0.1) is 10.9 Å². The Morgan fingerprint density at radius 3 is 1.93 bits per heavy atom. The molecule has 1 heterocycles. The summed E-state index contributed by atoms with van der Waals surface area (Å²) in [5.74, 6) is 0. The van der Waals surface area contributed by atoms with Crippen LogP contribution >= 0.6 is 0 Å². The molecule has 0 bridgehead atoms. The van der Waals surface area contributed by atoms with E-state index in [2.05, 4.69) is 109 Å². The number of fused-ring (bicyclic) bond motifs is 3. The van der Waals surface area contributed by atoms with Crippen LogP contribution in [0.1, 0.15) is 11.1 Å². The lowest BCUT2D eigenvalue weighted by Gasteiger charge is -2.11. The predicted molar refractivity (Wildman–Crippen MR) is 126 cm³/mol. The molecule has 0 amide bonds. The third-order valence-corrected chi connectivity index (χ3v) is 7.61. The van der Waals surface area contributed by atoms with Crippen molar-refractivity contribution >= 4 is 27.4 Å². The lowest BCUT2D eigenvalue weighted by molar-refractivity contribution is 1.02. The second-order valence-corrected chi connectivity index (χ2v) is 9.42. The van der Waals surface area contributed by atoms with E-state index >= 15 is 0 Å². The number of rotatable bonds is 4. The highest BCUT2D eigenvalue weighted by molar-refractivity contribution is 8.00. The normalized spacial score (nSPS) is 15.2. The van der Waals surface area contributed by atoms with Gasteiger partial charge in [-0.05, 0) is 28.6 Å². The quantitative estimate of drug-likeness (QED) is 0.386. The van der Waals surface area contributed by atoms with Crippen molar-refractivity contribution in [1.29, 1.82) is 0 Å². The Morgan fingerprint density at radius 1 is 0.690 bits per heavy atom. The molecule has 0 fully saturated rings. The summed E-state index contributed by atoms with van der Waals surface area (Å²) in [5, 5.41) is 7.87. The second-order valence-electron chi connectivity index (χ2n) is 7.55. The summed E-state index contributed by atoms with van der Waals surface area (Å²) in [5.41, 5.74) is 5.51. The summed E-state index contributed by atoms with van der Waals surface area (Å²) in [6, 6.07) is 34.9. The highest BCUT2D eigenvalue weighted by atomic mass is 32.2. The van der Waals surface area contributed by atoms with Crippen molar-refractivity contribution in [2.24, 2.45) is 0 Å². The summed E-state index contributed by atoms with van der Waals surface area (Å²) in [7, 11) is 0.0495. The zero-order valence-corrected chi connectivity index (χ0v) is 17.4. The number of hydrogen-bond donors (Lipinski definition) is 1. The molecule has 0 saturated carbocycles. The Morgan fingerprint density at radius 2 is 1.28 bits per heavy atom. The lowest BCUT2D eigenvalue weighted by atomic mass is 9.99. The van der Waals surface area contributed by atoms with Gasteiger partial charge in [0.2, 0.25) is 5.03 Å². The van der Waals surface area contributed by atoms with Crippen LogP contribution in [0.5, 0.6) is 0 Å². The Hall–Kier alpha value is -2.97. The van der Waals surface area contributed by atoms with E-state index in [1.165, 1.54) is 43.1 Å². The molecule has 142 valence electrons. The van der Waals surface area contributed by atoms with Gasteiger partial charge in [-0.15, -0.1) is 0 Å². The lowest BCUT2D eigenvalue weighted by Crippen LogP contribution is -2.10. The van der Waals surface area contributed by atoms with Gasteiger partial charge in [0.1, 0.15) is 11.9 Å². The summed E-state index contributed by atoms with van der Waals surface area (Å²) in [4.78, 5) is 1.43. The molecule has 1 aliphatic heterocycles. The number of allylic oxidation sites excluding steroid dienone is 1. The van der Waals surface area contributed by atoms with Crippen molar-refractivity contribution in [3.8, 4) is 0 Å². The molecule has 5 rings (SSSR count). The summed E-state index contributed by atoms with van der Waals surface area (Å²) >= 11 is 0. The predicted octanol–water partition coefficient (Wildman–Crippen LogP) is 6.57. The standard InChI is InChI=1S/C27H24NS/c1-29-25-17-16-22-14-8-9-15-24(22)26(25)28-27(29)23(18-20-10-4-2-5-11-20)19-21-12-6-3-7-13-21/h2-17,28H,18-19H2,1H3/q+1. The van der Waals surface area contributed by atoms with Gasteiger partial charge in [-0.25, -0.2) is 0 Å². The Kier molecular flexibility index (Phi) is 4.87. The first kappa shape index (κ1) is 18.1. The summed E-state index contributed by atoms with van der Waals surface area (Å²) in [6.07, 6.45) is 4.31. The number of benzene rings is 4. The Bertz CT molecular complexity index is 1140. The molecule has 2 heteroatoms. The van der Waals surface area contributed by atoms with Crippen LogP contribution in [0.15, 0.2) is 113 Å². The minimum atomic E-state index is 0.0495. The molecule has 1 nitrogen and oxygen atoms in total. The van der Waals surface area contributed by atoms with E-state index < -0.39 is 0 Å². The first-order chi connectivity index (χ1) is 14.3. The summed E-state index contributed by atoms with van der Waals surface area (Å²) in [6.45, 7) is 0. The largest absolute Gasteiger partial charge is 0.311 e. The van der Waals surface area contributed by atoms with E-state index in [1.807, 2.05) is 0 Å². The smallest absolute Gasteiger partial charge is 0.230 e. The first-order valence-corrected chi connectivity index (χ1v) is 11.7. The van der Waals surface area contributed by atoms with Gasteiger partial charge in [-0.2, -0.15) is 0 Å². The van der Waals surface area contributed by atoms with Crippen LogP contribution < -0.4 is 5.32 Å². The van der Waals surface area contributed by atoms with Crippen molar-refractivity contribution in [3.05, 3.63) is 119 Å². The van der Waals surface area contributed by atoms with Crippen LogP contribution in [0.2, 0.25) is 0 Å². The molecular formula is C27H24NS+. The number of nitrogens with one attached hydrogen (secondary N) is 1. The van der Waals surface area contributed by atoms with E-state index in [-0.39, 0.29) is 10.9 Å². The van der Waals surface area contributed by atoms with Crippen LogP contribution in [0.4, 0.5) is 5.69 Å². The van der Waals surface area contributed by atoms with Crippen LogP contribution in [0, 0.1) is 0 Å². The fourth-order valence-electron chi connectivity index (χ4n) is 4.15. The monoisotopic (exact) mass is 394 g/mol. The van der Waals surface area contributed by atoms with Gasteiger partial charge in [-0.1, -0.05) is 84.9 Å². The average Bonchev–Trinajstić information content (AvgIpc) is 3.12. The molecule has 0 aromatic heterocycles. The number of hydrogen-bond acceptors (Lipinski definition) is 1. The highest BCUT2D eigenvalue weighted by Crippen LogP contribution is 2.42. The maximum absolute atomic E-state index is 3.86. The SMILES string of the molecule is C[S+]1C(=C(Cc2ccccc2)Cc2ccccc2)Nc2c1ccc1ccccc21. The van der Waals surface area contributed by atoms with Crippen molar-refractivity contribution in [2.75, 3.05) is 11.6 Å². The molecule has 0 aliphatic carbocycles. The van der Waals surface area contributed by atoms with Crippen molar-refractivity contribution < 1.29 is 0 Å². The molecule has 0 radical (unpaired) electrons. The van der Waals surface area contributed by atoms with Gasteiger partial charge in [0, 0.05) is 23.8 Å². The minimum absolute atomic E-state index is 0.0495. The fourth-order valence-corrected chi connectivity index (χ4v) is 5.94. The van der Waals surface area contributed by atoms with Crippen LogP contribution in [-0.4, -0.2) is 6.26 Å². The fraction of sp³-hybridized carbons (Fsp3) is 0.111. The Balaban J connectivity index is 1.60. The van der Waals surface area contributed by atoms with Gasteiger partial charge in [0.15, 0.2) is 4.90 Å². The minimum Gasteiger partial charge on any atom is -0.311 e. The molecule has 1 aliphatic rings. The van der Waals surface area contributed by atoms with Crippen molar-refractivity contribution in [1.82, 2.24) is 0 Å². The average molecular weight is 395 g/mol. The van der Waals surface area contributed by atoms with Crippen LogP contribution in [0.3, 0.4) is 0 Å². The number of anilines is 1. The molecule has 4 aromatic carbocycles. The molecule has 1 atom stereocenters.